The predicted octanol–water partition coefficient (Wildman–Crippen LogP) is 5.53. The summed E-state index contributed by atoms with van der Waals surface area (Å²) < 4.78 is 12.1. The quantitative estimate of drug-likeness (QED) is 0.530. The Balaban J connectivity index is 1.41. The molecule has 2 aliphatic rings. The third-order valence-electron chi connectivity index (χ3n) is 5.94. The fourth-order valence-electron chi connectivity index (χ4n) is 4.24. The highest BCUT2D eigenvalue weighted by molar-refractivity contribution is 6.15. The molecule has 5 rings (SSSR count). The van der Waals surface area contributed by atoms with Crippen molar-refractivity contribution >= 4 is 11.9 Å². The SMILES string of the molecule is CCc1ccc(/C=C2\Oc3c(cc4c(c3C)OCN(Cc3ccccc3)C4)C2=O)cc1. The van der Waals surface area contributed by atoms with Gasteiger partial charge in [0.05, 0.1) is 5.56 Å². The largest absolute Gasteiger partial charge is 0.477 e. The standard InChI is InChI=1S/C27H25NO3/c1-3-19-9-11-20(12-10-19)13-24-25(29)23-14-22-16-28(15-21-7-5-4-6-8-21)17-30-26(22)18(2)27(23)31-24/h4-14H,3,15-17H2,1-2H3/b24-13-. The van der Waals surface area contributed by atoms with E-state index in [1.54, 1.807) is 0 Å². The Morgan fingerprint density at radius 3 is 2.52 bits per heavy atom. The van der Waals surface area contributed by atoms with Crippen molar-refractivity contribution in [3.63, 3.8) is 0 Å². The van der Waals surface area contributed by atoms with Crippen LogP contribution in [0.15, 0.2) is 66.4 Å². The fourth-order valence-corrected chi connectivity index (χ4v) is 4.24. The summed E-state index contributed by atoms with van der Waals surface area (Å²) in [5.74, 6) is 1.76. The Hall–Kier alpha value is -3.37. The summed E-state index contributed by atoms with van der Waals surface area (Å²) in [6.45, 7) is 6.16. The van der Waals surface area contributed by atoms with Crippen LogP contribution in [0, 0.1) is 6.92 Å². The summed E-state index contributed by atoms with van der Waals surface area (Å²) in [4.78, 5) is 15.3. The van der Waals surface area contributed by atoms with Gasteiger partial charge in [-0.3, -0.25) is 9.69 Å². The van der Waals surface area contributed by atoms with Crippen molar-refractivity contribution in [2.45, 2.75) is 33.4 Å². The van der Waals surface area contributed by atoms with Gasteiger partial charge in [0, 0.05) is 24.2 Å². The molecule has 2 aliphatic heterocycles. The van der Waals surface area contributed by atoms with E-state index in [4.69, 9.17) is 9.47 Å². The van der Waals surface area contributed by atoms with E-state index in [0.29, 0.717) is 23.8 Å². The monoisotopic (exact) mass is 411 g/mol. The number of aryl methyl sites for hydroxylation is 1. The number of hydrogen-bond acceptors (Lipinski definition) is 4. The normalized spacial score (nSPS) is 16.6. The zero-order chi connectivity index (χ0) is 21.4. The lowest BCUT2D eigenvalue weighted by atomic mass is 9.99. The van der Waals surface area contributed by atoms with Gasteiger partial charge < -0.3 is 9.47 Å². The Bertz CT molecular complexity index is 1160. The van der Waals surface area contributed by atoms with Crippen LogP contribution in [0.1, 0.15) is 45.1 Å². The average Bonchev–Trinajstić information content (AvgIpc) is 3.11. The minimum absolute atomic E-state index is 0.0688. The van der Waals surface area contributed by atoms with Gasteiger partial charge in [0.1, 0.15) is 18.2 Å². The summed E-state index contributed by atoms with van der Waals surface area (Å²) in [6, 6.07) is 20.5. The molecule has 0 unspecified atom stereocenters. The first-order valence-electron chi connectivity index (χ1n) is 10.7. The Morgan fingerprint density at radius 1 is 1.00 bits per heavy atom. The molecule has 0 radical (unpaired) electrons. The average molecular weight is 412 g/mol. The van der Waals surface area contributed by atoms with Gasteiger partial charge in [-0.15, -0.1) is 0 Å². The molecule has 0 atom stereocenters. The van der Waals surface area contributed by atoms with Crippen LogP contribution < -0.4 is 9.47 Å². The van der Waals surface area contributed by atoms with Crippen LogP contribution in [-0.4, -0.2) is 17.4 Å². The van der Waals surface area contributed by atoms with E-state index >= 15 is 0 Å². The fraction of sp³-hybridized carbons (Fsp3) is 0.222. The first kappa shape index (κ1) is 19.6. The van der Waals surface area contributed by atoms with E-state index in [1.165, 1.54) is 11.1 Å². The number of rotatable bonds is 4. The number of Topliss-reactive ketones (excluding diaryl/α,β-unsaturated/α-hetero) is 1. The first-order chi connectivity index (χ1) is 15.1. The van der Waals surface area contributed by atoms with Crippen LogP contribution in [0.5, 0.6) is 11.5 Å². The number of carbonyl (C=O) groups is 1. The van der Waals surface area contributed by atoms with Crippen molar-refractivity contribution in [2.75, 3.05) is 6.73 Å². The molecule has 0 aliphatic carbocycles. The highest BCUT2D eigenvalue weighted by Crippen LogP contribution is 2.43. The number of fused-ring (bicyclic) bond motifs is 2. The van der Waals surface area contributed by atoms with Crippen LogP contribution in [0.25, 0.3) is 6.08 Å². The highest BCUT2D eigenvalue weighted by Gasteiger charge is 2.33. The second-order valence-electron chi connectivity index (χ2n) is 8.15. The van der Waals surface area contributed by atoms with E-state index in [2.05, 4.69) is 36.1 Å². The molecule has 0 saturated heterocycles. The molecule has 156 valence electrons. The molecule has 4 nitrogen and oxygen atoms in total. The number of nitrogens with zero attached hydrogens (tertiary/aromatic N) is 1. The van der Waals surface area contributed by atoms with Gasteiger partial charge in [-0.25, -0.2) is 0 Å². The minimum atomic E-state index is -0.0688. The van der Waals surface area contributed by atoms with E-state index in [0.717, 1.165) is 42.0 Å². The van der Waals surface area contributed by atoms with Crippen LogP contribution >= 0.6 is 0 Å². The van der Waals surface area contributed by atoms with Crippen LogP contribution in [0.4, 0.5) is 0 Å². The first-order valence-corrected chi connectivity index (χ1v) is 10.7. The van der Waals surface area contributed by atoms with Gasteiger partial charge in [-0.1, -0.05) is 61.5 Å². The Kier molecular flexibility index (Phi) is 5.08. The molecular formula is C27H25NO3. The second kappa shape index (κ2) is 8.05. The number of ketones is 1. The number of allylic oxidation sites excluding steroid dienone is 1. The molecule has 0 amide bonds. The van der Waals surface area contributed by atoms with Crippen LogP contribution in [0.2, 0.25) is 0 Å². The molecule has 3 aromatic rings. The van der Waals surface area contributed by atoms with E-state index in [-0.39, 0.29) is 5.78 Å². The maximum absolute atomic E-state index is 13.1. The van der Waals surface area contributed by atoms with Crippen molar-refractivity contribution in [3.05, 3.63) is 99.8 Å². The van der Waals surface area contributed by atoms with E-state index in [1.807, 2.05) is 49.4 Å². The van der Waals surface area contributed by atoms with Gasteiger partial charge in [0.15, 0.2) is 5.76 Å². The van der Waals surface area contributed by atoms with Crippen molar-refractivity contribution in [1.29, 1.82) is 0 Å². The summed E-state index contributed by atoms with van der Waals surface area (Å²) in [5.41, 5.74) is 6.02. The van der Waals surface area contributed by atoms with Crippen molar-refractivity contribution < 1.29 is 14.3 Å². The molecule has 0 N–H and O–H groups in total. The molecule has 0 aromatic heterocycles. The number of carbonyl (C=O) groups excluding carboxylic acids is 1. The number of hydrogen-bond donors (Lipinski definition) is 0. The molecule has 2 heterocycles. The maximum Gasteiger partial charge on any atom is 0.231 e. The Morgan fingerprint density at radius 2 is 1.77 bits per heavy atom. The van der Waals surface area contributed by atoms with Crippen molar-refractivity contribution in [3.8, 4) is 11.5 Å². The van der Waals surface area contributed by atoms with Crippen LogP contribution in [0.3, 0.4) is 0 Å². The lowest BCUT2D eigenvalue weighted by molar-refractivity contribution is 0.0876. The zero-order valence-corrected chi connectivity index (χ0v) is 17.9. The van der Waals surface area contributed by atoms with Gasteiger partial charge in [0.25, 0.3) is 0 Å². The van der Waals surface area contributed by atoms with Gasteiger partial charge in [0.2, 0.25) is 5.78 Å². The maximum atomic E-state index is 13.1. The Labute approximate surface area is 182 Å². The molecule has 0 saturated carbocycles. The molecule has 0 fully saturated rings. The summed E-state index contributed by atoms with van der Waals surface area (Å²) in [6.07, 6.45) is 2.81. The second-order valence-corrected chi connectivity index (χ2v) is 8.15. The van der Waals surface area contributed by atoms with Crippen molar-refractivity contribution in [2.24, 2.45) is 0 Å². The lowest BCUT2D eigenvalue weighted by Gasteiger charge is -2.30. The molecule has 0 bridgehead atoms. The van der Waals surface area contributed by atoms with Crippen LogP contribution in [-0.2, 0) is 19.5 Å². The molecular weight excluding hydrogens is 386 g/mol. The third kappa shape index (κ3) is 3.75. The predicted molar refractivity (Wildman–Crippen MR) is 121 cm³/mol. The lowest BCUT2D eigenvalue weighted by Crippen LogP contribution is -2.32. The number of benzene rings is 3. The van der Waals surface area contributed by atoms with E-state index in [9.17, 15) is 4.79 Å². The minimum Gasteiger partial charge on any atom is -0.477 e. The summed E-state index contributed by atoms with van der Waals surface area (Å²) in [5, 5.41) is 0. The highest BCUT2D eigenvalue weighted by atomic mass is 16.5. The smallest absolute Gasteiger partial charge is 0.231 e. The number of ether oxygens (including phenoxy) is 2. The molecule has 31 heavy (non-hydrogen) atoms. The molecule has 0 spiro atoms. The van der Waals surface area contributed by atoms with Gasteiger partial charge >= 0.3 is 0 Å². The van der Waals surface area contributed by atoms with Gasteiger partial charge in [-0.05, 0) is 42.2 Å². The zero-order valence-electron chi connectivity index (χ0n) is 17.9. The third-order valence-corrected chi connectivity index (χ3v) is 5.94. The summed E-state index contributed by atoms with van der Waals surface area (Å²) >= 11 is 0. The van der Waals surface area contributed by atoms with Gasteiger partial charge in [-0.2, -0.15) is 0 Å². The van der Waals surface area contributed by atoms with E-state index < -0.39 is 0 Å². The molecule has 4 heteroatoms. The topological polar surface area (TPSA) is 38.8 Å². The van der Waals surface area contributed by atoms with Crippen molar-refractivity contribution in [1.82, 2.24) is 4.90 Å². The summed E-state index contributed by atoms with van der Waals surface area (Å²) in [7, 11) is 0. The molecule has 3 aromatic carbocycles.